The van der Waals surface area contributed by atoms with Crippen LogP contribution in [0.25, 0.3) is 0 Å². The average molecular weight is 356 g/mol. The normalized spacial score (nSPS) is 11.2. The third kappa shape index (κ3) is 4.62. The molecule has 0 unspecified atom stereocenters. The van der Waals surface area contributed by atoms with Gasteiger partial charge in [-0.2, -0.15) is 23.7 Å². The summed E-state index contributed by atoms with van der Waals surface area (Å²) in [7, 11) is 0. The zero-order valence-corrected chi connectivity index (χ0v) is 13.1. The van der Waals surface area contributed by atoms with Gasteiger partial charge >= 0.3 is 6.18 Å². The number of carbonyl (C=O) groups excluding carboxylic acids is 1. The second-order valence-corrected chi connectivity index (χ2v) is 5.00. The third-order valence-electron chi connectivity index (χ3n) is 3.26. The highest BCUT2D eigenvalue weighted by Gasteiger charge is 2.29. The molecule has 2 N–H and O–H groups in total. The van der Waals surface area contributed by atoms with E-state index >= 15 is 0 Å². The third-order valence-corrected chi connectivity index (χ3v) is 3.26. The molecule has 0 fully saturated rings. The van der Waals surface area contributed by atoms with Crippen LogP contribution in [0.15, 0.2) is 60.3 Å². The summed E-state index contributed by atoms with van der Waals surface area (Å²) in [6.07, 6.45) is -3.37. The molecule has 26 heavy (non-hydrogen) atoms. The number of hydrogen-bond donors (Lipinski definition) is 2. The molecule has 0 atom stereocenters. The number of carbonyl (C=O) groups is 1. The number of anilines is 2. The second kappa shape index (κ2) is 7.86. The molecule has 0 radical (unpaired) electrons. The Morgan fingerprint density at radius 1 is 1.04 bits per heavy atom. The van der Waals surface area contributed by atoms with E-state index in [0.717, 1.165) is 18.3 Å². The molecule has 0 aliphatic carbocycles. The van der Waals surface area contributed by atoms with Gasteiger partial charge in [-0.3, -0.25) is 4.79 Å². The predicted molar refractivity (Wildman–Crippen MR) is 88.5 cm³/mol. The number of alkyl halides is 3. The lowest BCUT2D eigenvalue weighted by molar-refractivity contribution is -0.137. The van der Waals surface area contributed by atoms with Gasteiger partial charge in [-0.05, 0) is 36.4 Å². The van der Waals surface area contributed by atoms with E-state index < -0.39 is 17.6 Å². The number of nitriles is 2. The molecule has 0 aliphatic rings. The summed E-state index contributed by atoms with van der Waals surface area (Å²) in [6, 6.07) is 14.0. The van der Waals surface area contributed by atoms with Gasteiger partial charge in [-0.25, -0.2) is 0 Å². The summed E-state index contributed by atoms with van der Waals surface area (Å²) in [5.74, 6) is -0.755. The number of benzene rings is 2. The zero-order chi connectivity index (χ0) is 19.2. The molecule has 5 nitrogen and oxygen atoms in total. The number of hydrogen-bond acceptors (Lipinski definition) is 4. The summed E-state index contributed by atoms with van der Waals surface area (Å²) in [5, 5.41) is 23.1. The Morgan fingerprint density at radius 3 is 2.27 bits per heavy atom. The van der Waals surface area contributed by atoms with Crippen LogP contribution in [0.5, 0.6) is 0 Å². The van der Waals surface area contributed by atoms with Crippen LogP contribution in [0.1, 0.15) is 11.1 Å². The molecule has 2 aromatic rings. The van der Waals surface area contributed by atoms with Crippen LogP contribution in [-0.4, -0.2) is 5.91 Å². The van der Waals surface area contributed by atoms with Gasteiger partial charge in [-0.1, -0.05) is 12.1 Å². The molecule has 2 aromatic carbocycles. The first-order chi connectivity index (χ1) is 12.3. The Morgan fingerprint density at radius 2 is 1.69 bits per heavy atom. The molecule has 2 rings (SSSR count). The predicted octanol–water partition coefficient (Wildman–Crippen LogP) is 4.04. The van der Waals surface area contributed by atoms with Gasteiger partial charge in [0, 0.05) is 11.9 Å². The van der Waals surface area contributed by atoms with Gasteiger partial charge in [0.25, 0.3) is 5.91 Å². The van der Waals surface area contributed by atoms with Crippen molar-refractivity contribution in [2.75, 3.05) is 10.6 Å². The standard InChI is InChI=1S/C18H11F3N4O/c19-18(20,21)14-5-7-15(8-6-14)24-11-13(10-23)17(26)25-16-4-2-1-3-12(16)9-22/h1-8,11,24H,(H,25,26)/b13-11-. The molecular weight excluding hydrogens is 345 g/mol. The largest absolute Gasteiger partial charge is 0.416 e. The lowest BCUT2D eigenvalue weighted by atomic mass is 10.2. The van der Waals surface area contributed by atoms with Gasteiger partial charge in [-0.15, -0.1) is 0 Å². The number of rotatable bonds is 4. The maximum absolute atomic E-state index is 12.5. The molecule has 1 amide bonds. The van der Waals surface area contributed by atoms with E-state index in [4.69, 9.17) is 10.5 Å². The Labute approximate surface area is 147 Å². The molecule has 0 heterocycles. The van der Waals surface area contributed by atoms with Crippen molar-refractivity contribution < 1.29 is 18.0 Å². The van der Waals surface area contributed by atoms with Crippen LogP contribution in [-0.2, 0) is 11.0 Å². The zero-order valence-electron chi connectivity index (χ0n) is 13.1. The smallest absolute Gasteiger partial charge is 0.360 e. The Hall–Kier alpha value is -3.78. The van der Waals surface area contributed by atoms with Crippen LogP contribution in [0, 0.1) is 22.7 Å². The second-order valence-electron chi connectivity index (χ2n) is 5.00. The van der Waals surface area contributed by atoms with Crippen LogP contribution in [0.4, 0.5) is 24.5 Å². The van der Waals surface area contributed by atoms with E-state index in [1.807, 2.05) is 6.07 Å². The molecule has 130 valence electrons. The molecule has 0 bridgehead atoms. The van der Waals surface area contributed by atoms with Crippen molar-refractivity contribution in [3.8, 4) is 12.1 Å². The molecule has 0 spiro atoms. The lowest BCUT2D eigenvalue weighted by Crippen LogP contribution is -2.15. The number of para-hydroxylation sites is 1. The summed E-state index contributed by atoms with van der Waals surface area (Å²) in [4.78, 5) is 12.1. The van der Waals surface area contributed by atoms with Crippen molar-refractivity contribution in [1.82, 2.24) is 0 Å². The summed E-state index contributed by atoms with van der Waals surface area (Å²) < 4.78 is 37.5. The van der Waals surface area contributed by atoms with Crippen molar-refractivity contribution in [3.63, 3.8) is 0 Å². The summed E-state index contributed by atoms with van der Waals surface area (Å²) >= 11 is 0. The highest BCUT2D eigenvalue weighted by Crippen LogP contribution is 2.29. The van der Waals surface area contributed by atoms with Gasteiger partial charge in [0.2, 0.25) is 0 Å². The summed E-state index contributed by atoms with van der Waals surface area (Å²) in [6.45, 7) is 0. The maximum atomic E-state index is 12.5. The topological polar surface area (TPSA) is 88.7 Å². The van der Waals surface area contributed by atoms with E-state index in [1.165, 1.54) is 24.3 Å². The lowest BCUT2D eigenvalue weighted by Gasteiger charge is -2.08. The molecule has 0 aromatic heterocycles. The fourth-order valence-electron chi connectivity index (χ4n) is 1.94. The van der Waals surface area contributed by atoms with Gasteiger partial charge in [0.05, 0.1) is 16.8 Å². The van der Waals surface area contributed by atoms with Crippen molar-refractivity contribution >= 4 is 17.3 Å². The van der Waals surface area contributed by atoms with Gasteiger partial charge in [0.1, 0.15) is 17.7 Å². The first-order valence-corrected chi connectivity index (χ1v) is 7.19. The van der Waals surface area contributed by atoms with E-state index in [-0.39, 0.29) is 22.5 Å². The quantitative estimate of drug-likeness (QED) is 0.639. The minimum atomic E-state index is -4.44. The molecule has 0 saturated heterocycles. The van der Waals surface area contributed by atoms with Crippen molar-refractivity contribution in [2.24, 2.45) is 0 Å². The van der Waals surface area contributed by atoms with Crippen LogP contribution in [0.2, 0.25) is 0 Å². The fourth-order valence-corrected chi connectivity index (χ4v) is 1.94. The Bertz CT molecular complexity index is 919. The average Bonchev–Trinajstić information content (AvgIpc) is 2.62. The first kappa shape index (κ1) is 18.6. The van der Waals surface area contributed by atoms with Crippen molar-refractivity contribution in [3.05, 3.63) is 71.4 Å². The van der Waals surface area contributed by atoms with Gasteiger partial charge < -0.3 is 10.6 Å². The van der Waals surface area contributed by atoms with Crippen LogP contribution < -0.4 is 10.6 Å². The van der Waals surface area contributed by atoms with E-state index in [9.17, 15) is 18.0 Å². The maximum Gasteiger partial charge on any atom is 0.416 e. The van der Waals surface area contributed by atoms with Crippen LogP contribution >= 0.6 is 0 Å². The molecular formula is C18H11F3N4O. The molecule has 0 aliphatic heterocycles. The Balaban J connectivity index is 2.11. The van der Waals surface area contributed by atoms with E-state index in [0.29, 0.717) is 0 Å². The first-order valence-electron chi connectivity index (χ1n) is 7.19. The minimum absolute atomic E-state index is 0.230. The number of amides is 1. The van der Waals surface area contributed by atoms with Crippen LogP contribution in [0.3, 0.4) is 0 Å². The number of nitrogens with one attached hydrogen (secondary N) is 2. The van der Waals surface area contributed by atoms with Crippen molar-refractivity contribution in [2.45, 2.75) is 6.18 Å². The Kier molecular flexibility index (Phi) is 5.61. The molecule has 8 heteroatoms. The highest BCUT2D eigenvalue weighted by atomic mass is 19.4. The monoisotopic (exact) mass is 356 g/mol. The van der Waals surface area contributed by atoms with E-state index in [1.54, 1.807) is 18.2 Å². The number of halogens is 3. The minimum Gasteiger partial charge on any atom is -0.360 e. The SMILES string of the molecule is N#C/C(=C/Nc1ccc(C(F)(F)F)cc1)C(=O)Nc1ccccc1C#N. The molecule has 0 saturated carbocycles. The fraction of sp³-hybridized carbons (Fsp3) is 0.0556. The van der Waals surface area contributed by atoms with Gasteiger partial charge in [0.15, 0.2) is 0 Å². The highest BCUT2D eigenvalue weighted by molar-refractivity contribution is 6.07. The van der Waals surface area contributed by atoms with Crippen molar-refractivity contribution in [1.29, 1.82) is 10.5 Å². The summed E-state index contributed by atoms with van der Waals surface area (Å²) in [5.41, 5.74) is -0.364. The number of nitrogens with zero attached hydrogens (tertiary/aromatic N) is 2. The van der Waals surface area contributed by atoms with E-state index in [2.05, 4.69) is 10.6 Å².